The molecule has 0 aliphatic heterocycles. The number of hydrogen-bond donors (Lipinski definition) is 1. The van der Waals surface area contributed by atoms with Crippen molar-refractivity contribution >= 4 is 16.9 Å². The van der Waals surface area contributed by atoms with E-state index in [1.807, 2.05) is 30.3 Å². The smallest absolute Gasteiger partial charge is 0.339 e. The fourth-order valence-electron chi connectivity index (χ4n) is 2.15. The van der Waals surface area contributed by atoms with E-state index in [0.29, 0.717) is 28.2 Å². The van der Waals surface area contributed by atoms with Crippen molar-refractivity contribution < 1.29 is 19.1 Å². The summed E-state index contributed by atoms with van der Waals surface area (Å²) in [5.74, 6) is 0.665. The molecule has 0 saturated carbocycles. The molecular weight excluding hydrogens is 256 g/mol. The van der Waals surface area contributed by atoms with Crippen LogP contribution in [0.5, 0.6) is 11.5 Å². The van der Waals surface area contributed by atoms with Crippen molar-refractivity contribution in [3.05, 3.63) is 59.9 Å². The molecule has 3 aromatic rings. The minimum Gasteiger partial charge on any atom is -0.478 e. The maximum Gasteiger partial charge on any atom is 0.339 e. The van der Waals surface area contributed by atoms with Gasteiger partial charge in [-0.05, 0) is 37.3 Å². The van der Waals surface area contributed by atoms with E-state index in [-0.39, 0.29) is 5.56 Å². The van der Waals surface area contributed by atoms with E-state index in [4.69, 9.17) is 9.15 Å². The number of aryl methyl sites for hydroxylation is 1. The number of hydrogen-bond acceptors (Lipinski definition) is 3. The number of carboxylic acids is 1. The first kappa shape index (κ1) is 12.3. The molecule has 0 fully saturated rings. The summed E-state index contributed by atoms with van der Waals surface area (Å²) in [5, 5.41) is 9.78. The van der Waals surface area contributed by atoms with Gasteiger partial charge in [0.15, 0.2) is 0 Å². The standard InChI is InChI=1S/C16H12O4/c1-10-15(16(17)18)13-9-12(7-8-14(13)19-10)20-11-5-3-2-4-6-11/h2-9H,1H3,(H,17,18). The molecular formula is C16H12O4. The zero-order valence-corrected chi connectivity index (χ0v) is 10.8. The monoisotopic (exact) mass is 268 g/mol. The van der Waals surface area contributed by atoms with Crippen LogP contribution in [-0.4, -0.2) is 11.1 Å². The highest BCUT2D eigenvalue weighted by Gasteiger charge is 2.17. The lowest BCUT2D eigenvalue weighted by Gasteiger charge is -2.05. The molecule has 0 atom stereocenters. The second-order valence-electron chi connectivity index (χ2n) is 4.41. The van der Waals surface area contributed by atoms with Crippen LogP contribution < -0.4 is 4.74 Å². The van der Waals surface area contributed by atoms with Crippen molar-refractivity contribution in [3.63, 3.8) is 0 Å². The number of ether oxygens (including phenoxy) is 1. The molecule has 3 rings (SSSR count). The van der Waals surface area contributed by atoms with Gasteiger partial charge < -0.3 is 14.3 Å². The summed E-state index contributed by atoms with van der Waals surface area (Å²) < 4.78 is 11.1. The van der Waals surface area contributed by atoms with Crippen LogP contribution in [0.2, 0.25) is 0 Å². The molecule has 100 valence electrons. The quantitative estimate of drug-likeness (QED) is 0.772. The lowest BCUT2D eigenvalue weighted by molar-refractivity contribution is 0.0697. The average molecular weight is 268 g/mol. The van der Waals surface area contributed by atoms with Gasteiger partial charge in [0.05, 0.1) is 0 Å². The molecule has 0 aliphatic carbocycles. The number of carbonyl (C=O) groups is 1. The van der Waals surface area contributed by atoms with Gasteiger partial charge in [-0.3, -0.25) is 0 Å². The molecule has 4 heteroatoms. The highest BCUT2D eigenvalue weighted by molar-refractivity contribution is 6.03. The van der Waals surface area contributed by atoms with Gasteiger partial charge in [-0.15, -0.1) is 0 Å². The van der Waals surface area contributed by atoms with Crippen molar-refractivity contribution in [2.75, 3.05) is 0 Å². The summed E-state index contributed by atoms with van der Waals surface area (Å²) in [4.78, 5) is 11.3. The Hall–Kier alpha value is -2.75. The van der Waals surface area contributed by atoms with Crippen LogP contribution in [0.4, 0.5) is 0 Å². The Labute approximate surface area is 115 Å². The van der Waals surface area contributed by atoms with E-state index < -0.39 is 5.97 Å². The summed E-state index contributed by atoms with van der Waals surface area (Å²) >= 11 is 0. The van der Waals surface area contributed by atoms with Crippen molar-refractivity contribution in [3.8, 4) is 11.5 Å². The van der Waals surface area contributed by atoms with E-state index in [1.165, 1.54) is 0 Å². The molecule has 0 saturated heterocycles. The molecule has 4 nitrogen and oxygen atoms in total. The predicted molar refractivity (Wildman–Crippen MR) is 74.4 cm³/mol. The van der Waals surface area contributed by atoms with Crippen molar-refractivity contribution in [1.29, 1.82) is 0 Å². The number of benzene rings is 2. The Morgan fingerprint density at radius 2 is 1.85 bits per heavy atom. The van der Waals surface area contributed by atoms with Crippen LogP contribution in [0.3, 0.4) is 0 Å². The lowest BCUT2D eigenvalue weighted by atomic mass is 10.1. The van der Waals surface area contributed by atoms with E-state index in [0.717, 1.165) is 0 Å². The van der Waals surface area contributed by atoms with Crippen molar-refractivity contribution in [2.45, 2.75) is 6.92 Å². The molecule has 0 radical (unpaired) electrons. The van der Waals surface area contributed by atoms with E-state index in [2.05, 4.69) is 0 Å². The third kappa shape index (κ3) is 2.12. The van der Waals surface area contributed by atoms with Gasteiger partial charge in [-0.1, -0.05) is 18.2 Å². The number of carboxylic acid groups (broad SMARTS) is 1. The normalized spacial score (nSPS) is 10.7. The second kappa shape index (κ2) is 4.74. The molecule has 0 aliphatic rings. The summed E-state index contributed by atoms with van der Waals surface area (Å²) in [6.07, 6.45) is 0. The molecule has 0 spiro atoms. The van der Waals surface area contributed by atoms with Crippen molar-refractivity contribution in [1.82, 2.24) is 0 Å². The number of para-hydroxylation sites is 1. The van der Waals surface area contributed by atoms with Crippen LogP contribution in [0.1, 0.15) is 16.1 Å². The Bertz CT molecular complexity index is 772. The Kier molecular flexibility index (Phi) is 2.91. The number of rotatable bonds is 3. The van der Waals surface area contributed by atoms with Gasteiger partial charge in [0.2, 0.25) is 0 Å². The minimum atomic E-state index is -1.00. The maximum absolute atomic E-state index is 11.3. The summed E-state index contributed by atoms with van der Waals surface area (Å²) in [6.45, 7) is 1.64. The molecule has 1 N–H and O–H groups in total. The first-order valence-corrected chi connectivity index (χ1v) is 6.14. The lowest BCUT2D eigenvalue weighted by Crippen LogP contribution is -1.96. The van der Waals surface area contributed by atoms with Crippen LogP contribution in [0.15, 0.2) is 52.9 Å². The highest BCUT2D eigenvalue weighted by Crippen LogP contribution is 2.31. The average Bonchev–Trinajstić information content (AvgIpc) is 2.75. The zero-order valence-electron chi connectivity index (χ0n) is 10.8. The topological polar surface area (TPSA) is 59.7 Å². The molecule has 1 aromatic heterocycles. The largest absolute Gasteiger partial charge is 0.478 e. The zero-order chi connectivity index (χ0) is 14.1. The Morgan fingerprint density at radius 3 is 2.55 bits per heavy atom. The van der Waals surface area contributed by atoms with Gasteiger partial charge in [0.1, 0.15) is 28.4 Å². The highest BCUT2D eigenvalue weighted by atomic mass is 16.5. The first-order valence-electron chi connectivity index (χ1n) is 6.14. The third-order valence-electron chi connectivity index (χ3n) is 3.03. The molecule has 20 heavy (non-hydrogen) atoms. The molecule has 1 heterocycles. The second-order valence-corrected chi connectivity index (χ2v) is 4.41. The summed E-state index contributed by atoms with van der Waals surface area (Å²) in [5.41, 5.74) is 0.721. The number of aromatic carboxylic acids is 1. The van der Waals surface area contributed by atoms with Crippen LogP contribution in [0, 0.1) is 6.92 Å². The fourth-order valence-corrected chi connectivity index (χ4v) is 2.15. The Balaban J connectivity index is 2.06. The van der Waals surface area contributed by atoms with Gasteiger partial charge in [-0.25, -0.2) is 4.79 Å². The molecule has 0 amide bonds. The maximum atomic E-state index is 11.3. The summed E-state index contributed by atoms with van der Waals surface area (Å²) in [6, 6.07) is 14.5. The predicted octanol–water partition coefficient (Wildman–Crippen LogP) is 4.23. The van der Waals surface area contributed by atoms with Gasteiger partial charge in [0, 0.05) is 5.39 Å². The fraction of sp³-hybridized carbons (Fsp3) is 0.0625. The van der Waals surface area contributed by atoms with Gasteiger partial charge in [0.25, 0.3) is 0 Å². The number of fused-ring (bicyclic) bond motifs is 1. The van der Waals surface area contributed by atoms with E-state index >= 15 is 0 Å². The third-order valence-corrected chi connectivity index (χ3v) is 3.03. The molecule has 0 unspecified atom stereocenters. The van der Waals surface area contributed by atoms with Gasteiger partial charge in [-0.2, -0.15) is 0 Å². The van der Waals surface area contributed by atoms with Crippen LogP contribution in [0.25, 0.3) is 11.0 Å². The van der Waals surface area contributed by atoms with E-state index in [9.17, 15) is 9.90 Å². The number of furan rings is 1. The molecule has 2 aromatic carbocycles. The van der Waals surface area contributed by atoms with Gasteiger partial charge >= 0.3 is 5.97 Å². The van der Waals surface area contributed by atoms with Crippen molar-refractivity contribution in [2.24, 2.45) is 0 Å². The minimum absolute atomic E-state index is 0.179. The Morgan fingerprint density at radius 1 is 1.10 bits per heavy atom. The first-order chi connectivity index (χ1) is 9.65. The summed E-state index contributed by atoms with van der Waals surface area (Å²) in [7, 11) is 0. The SMILES string of the molecule is Cc1oc2ccc(Oc3ccccc3)cc2c1C(=O)O. The van der Waals surface area contributed by atoms with Crippen LogP contribution in [-0.2, 0) is 0 Å². The van der Waals surface area contributed by atoms with E-state index in [1.54, 1.807) is 25.1 Å². The van der Waals surface area contributed by atoms with Crippen LogP contribution >= 0.6 is 0 Å². The molecule has 0 bridgehead atoms.